The molecular weight excluding hydrogens is 164 g/mol. The van der Waals surface area contributed by atoms with Gasteiger partial charge in [0.05, 0.1) is 5.92 Å². The minimum Gasteiger partial charge on any atom is -0.481 e. The largest absolute Gasteiger partial charge is 0.481 e. The van der Waals surface area contributed by atoms with Gasteiger partial charge >= 0.3 is 5.97 Å². The minimum absolute atomic E-state index is 0.172. The molecule has 0 unspecified atom stereocenters. The van der Waals surface area contributed by atoms with Crippen LogP contribution in [-0.2, 0) is 4.79 Å². The molecule has 0 heterocycles. The Morgan fingerprint density at radius 2 is 2.08 bits per heavy atom. The Bertz CT molecular complexity index is 223. The van der Waals surface area contributed by atoms with E-state index in [1.807, 2.05) is 6.08 Å². The van der Waals surface area contributed by atoms with Gasteiger partial charge in [0.2, 0.25) is 0 Å². The van der Waals surface area contributed by atoms with E-state index in [9.17, 15) is 4.79 Å². The lowest BCUT2D eigenvalue weighted by molar-refractivity contribution is -0.142. The van der Waals surface area contributed by atoms with Crippen LogP contribution < -0.4 is 0 Å². The lowest BCUT2D eigenvalue weighted by Gasteiger charge is -2.32. The number of carboxylic acid groups (broad SMARTS) is 1. The van der Waals surface area contributed by atoms with E-state index < -0.39 is 5.97 Å². The van der Waals surface area contributed by atoms with Gasteiger partial charge in [-0.1, -0.05) is 32.9 Å². The highest BCUT2D eigenvalue weighted by atomic mass is 16.4. The first-order chi connectivity index (χ1) is 5.91. The molecule has 0 fully saturated rings. The topological polar surface area (TPSA) is 37.3 Å². The summed E-state index contributed by atoms with van der Waals surface area (Å²) in [5, 5.41) is 8.89. The first kappa shape index (κ1) is 10.3. The third-order valence-corrected chi connectivity index (χ3v) is 2.79. The fourth-order valence-corrected chi connectivity index (χ4v) is 1.73. The Labute approximate surface area is 79.6 Å². The third-order valence-electron chi connectivity index (χ3n) is 2.79. The Morgan fingerprint density at radius 3 is 2.54 bits per heavy atom. The predicted molar refractivity (Wildman–Crippen MR) is 52.4 cm³/mol. The lowest BCUT2D eigenvalue weighted by atomic mass is 9.72. The normalized spacial score (nSPS) is 28.8. The molecule has 0 amide bonds. The SMILES string of the molecule is CC(C)(C)[C@@H]1C=CC[C@H](C(=O)O)C1. The van der Waals surface area contributed by atoms with Crippen LogP contribution >= 0.6 is 0 Å². The summed E-state index contributed by atoms with van der Waals surface area (Å²) in [6.07, 6.45) is 5.66. The average molecular weight is 182 g/mol. The summed E-state index contributed by atoms with van der Waals surface area (Å²) in [4.78, 5) is 10.8. The van der Waals surface area contributed by atoms with Crippen molar-refractivity contribution >= 4 is 5.97 Å². The maximum atomic E-state index is 10.8. The van der Waals surface area contributed by atoms with Gasteiger partial charge in [-0.25, -0.2) is 0 Å². The van der Waals surface area contributed by atoms with E-state index in [1.165, 1.54) is 0 Å². The maximum absolute atomic E-state index is 10.8. The molecule has 0 bridgehead atoms. The summed E-state index contributed by atoms with van der Waals surface area (Å²) in [5.74, 6) is -0.421. The Hall–Kier alpha value is -0.790. The van der Waals surface area contributed by atoms with Gasteiger partial charge in [-0.3, -0.25) is 4.79 Å². The van der Waals surface area contributed by atoms with Gasteiger partial charge in [0.15, 0.2) is 0 Å². The Morgan fingerprint density at radius 1 is 1.46 bits per heavy atom. The molecule has 2 atom stereocenters. The zero-order chi connectivity index (χ0) is 10.1. The number of aliphatic carboxylic acids is 1. The summed E-state index contributed by atoms with van der Waals surface area (Å²) in [6.45, 7) is 6.48. The van der Waals surface area contributed by atoms with E-state index in [4.69, 9.17) is 5.11 Å². The number of hydrogen-bond donors (Lipinski definition) is 1. The monoisotopic (exact) mass is 182 g/mol. The molecule has 0 saturated carbocycles. The molecule has 0 aliphatic heterocycles. The molecule has 2 nitrogen and oxygen atoms in total. The van der Waals surface area contributed by atoms with Crippen molar-refractivity contribution in [3.05, 3.63) is 12.2 Å². The van der Waals surface area contributed by atoms with Crippen LogP contribution in [0, 0.1) is 17.3 Å². The van der Waals surface area contributed by atoms with Crippen LogP contribution in [0.2, 0.25) is 0 Å². The van der Waals surface area contributed by atoms with Crippen molar-refractivity contribution in [2.75, 3.05) is 0 Å². The van der Waals surface area contributed by atoms with Crippen LogP contribution in [0.1, 0.15) is 33.6 Å². The van der Waals surface area contributed by atoms with Crippen LogP contribution in [-0.4, -0.2) is 11.1 Å². The van der Waals surface area contributed by atoms with Gasteiger partial charge in [0.25, 0.3) is 0 Å². The molecule has 1 N–H and O–H groups in total. The van der Waals surface area contributed by atoms with Crippen molar-refractivity contribution in [3.8, 4) is 0 Å². The predicted octanol–water partition coefficient (Wildman–Crippen LogP) is 2.70. The maximum Gasteiger partial charge on any atom is 0.306 e. The highest BCUT2D eigenvalue weighted by Crippen LogP contribution is 2.36. The number of allylic oxidation sites excluding steroid dienone is 2. The molecule has 1 rings (SSSR count). The zero-order valence-corrected chi connectivity index (χ0v) is 8.58. The van der Waals surface area contributed by atoms with E-state index in [-0.39, 0.29) is 11.3 Å². The van der Waals surface area contributed by atoms with Gasteiger partial charge < -0.3 is 5.11 Å². The van der Waals surface area contributed by atoms with Gasteiger partial charge in [-0.2, -0.15) is 0 Å². The van der Waals surface area contributed by atoms with Gasteiger partial charge in [0, 0.05) is 0 Å². The summed E-state index contributed by atoms with van der Waals surface area (Å²) in [6, 6.07) is 0. The van der Waals surface area contributed by atoms with Crippen LogP contribution in [0.3, 0.4) is 0 Å². The quantitative estimate of drug-likeness (QED) is 0.633. The van der Waals surface area contributed by atoms with Crippen molar-refractivity contribution in [3.63, 3.8) is 0 Å². The first-order valence-corrected chi connectivity index (χ1v) is 4.80. The Kier molecular flexibility index (Phi) is 2.79. The third kappa shape index (κ3) is 2.58. The number of hydrogen-bond acceptors (Lipinski definition) is 1. The van der Waals surface area contributed by atoms with Crippen LogP contribution in [0.4, 0.5) is 0 Å². The molecule has 2 heteroatoms. The van der Waals surface area contributed by atoms with Crippen molar-refractivity contribution in [2.45, 2.75) is 33.6 Å². The summed E-state index contributed by atoms with van der Waals surface area (Å²) < 4.78 is 0. The molecule has 0 aromatic rings. The van der Waals surface area contributed by atoms with Crippen molar-refractivity contribution in [1.82, 2.24) is 0 Å². The van der Waals surface area contributed by atoms with Crippen LogP contribution in [0.5, 0.6) is 0 Å². The van der Waals surface area contributed by atoms with E-state index in [0.717, 1.165) is 6.42 Å². The van der Waals surface area contributed by atoms with E-state index in [0.29, 0.717) is 12.3 Å². The Balaban J connectivity index is 2.67. The number of rotatable bonds is 1. The van der Waals surface area contributed by atoms with Crippen LogP contribution in [0.25, 0.3) is 0 Å². The average Bonchev–Trinajstić information content (AvgIpc) is 2.03. The molecule has 1 aliphatic carbocycles. The van der Waals surface area contributed by atoms with E-state index >= 15 is 0 Å². The van der Waals surface area contributed by atoms with E-state index in [2.05, 4.69) is 26.8 Å². The number of carboxylic acids is 1. The first-order valence-electron chi connectivity index (χ1n) is 4.80. The molecule has 0 aromatic carbocycles. The summed E-state index contributed by atoms with van der Waals surface area (Å²) in [5.41, 5.74) is 0.185. The highest BCUT2D eigenvalue weighted by molar-refractivity contribution is 5.70. The fourth-order valence-electron chi connectivity index (χ4n) is 1.73. The fraction of sp³-hybridized carbons (Fsp3) is 0.727. The van der Waals surface area contributed by atoms with Gasteiger partial charge in [0.1, 0.15) is 0 Å². The zero-order valence-electron chi connectivity index (χ0n) is 8.58. The second-order valence-electron chi connectivity index (χ2n) is 4.91. The van der Waals surface area contributed by atoms with Crippen molar-refractivity contribution in [2.24, 2.45) is 17.3 Å². The van der Waals surface area contributed by atoms with Crippen LogP contribution in [0.15, 0.2) is 12.2 Å². The molecule has 1 aliphatic rings. The minimum atomic E-state index is -0.654. The molecule has 0 radical (unpaired) electrons. The van der Waals surface area contributed by atoms with Crippen molar-refractivity contribution < 1.29 is 9.90 Å². The van der Waals surface area contributed by atoms with Gasteiger partial charge in [-0.05, 0) is 24.2 Å². The summed E-state index contributed by atoms with van der Waals surface area (Å²) >= 11 is 0. The van der Waals surface area contributed by atoms with Crippen molar-refractivity contribution in [1.29, 1.82) is 0 Å². The second-order valence-corrected chi connectivity index (χ2v) is 4.91. The molecular formula is C11H18O2. The van der Waals surface area contributed by atoms with Gasteiger partial charge in [-0.15, -0.1) is 0 Å². The number of carbonyl (C=O) groups is 1. The summed E-state index contributed by atoms with van der Waals surface area (Å²) in [7, 11) is 0. The highest BCUT2D eigenvalue weighted by Gasteiger charge is 2.30. The lowest BCUT2D eigenvalue weighted by Crippen LogP contribution is -2.27. The molecule has 0 aromatic heterocycles. The molecule has 13 heavy (non-hydrogen) atoms. The second kappa shape index (κ2) is 3.52. The van der Waals surface area contributed by atoms with E-state index in [1.54, 1.807) is 0 Å². The molecule has 74 valence electrons. The molecule has 0 spiro atoms. The standard InChI is InChI=1S/C11H18O2/c1-11(2,3)9-6-4-5-8(7-9)10(12)13/h4,6,8-9H,5,7H2,1-3H3,(H,12,13)/t8-,9+/m0/s1. The molecule has 0 saturated heterocycles. The smallest absolute Gasteiger partial charge is 0.306 e.